The van der Waals surface area contributed by atoms with Gasteiger partial charge in [0.2, 0.25) is 5.91 Å². The van der Waals surface area contributed by atoms with Gasteiger partial charge in [-0.1, -0.05) is 6.92 Å². The predicted octanol–water partition coefficient (Wildman–Crippen LogP) is 0.752. The lowest BCUT2D eigenvalue weighted by Gasteiger charge is -2.27. The lowest BCUT2D eigenvalue weighted by atomic mass is 10.0. The Morgan fingerprint density at radius 1 is 1.52 bits per heavy atom. The van der Waals surface area contributed by atoms with Crippen LogP contribution < -0.4 is 16.0 Å². The van der Waals surface area contributed by atoms with E-state index in [9.17, 15) is 14.4 Å². The van der Waals surface area contributed by atoms with Crippen LogP contribution in [0.1, 0.15) is 41.4 Å². The number of hydrogen-bond acceptors (Lipinski definition) is 4. The minimum Gasteiger partial charge on any atom is -0.352 e. The Hall–Kier alpha value is -2.44. The highest BCUT2D eigenvalue weighted by Gasteiger charge is 2.24. The first kappa shape index (κ1) is 15.0. The molecule has 0 aliphatic carbocycles. The summed E-state index contributed by atoms with van der Waals surface area (Å²) in [5.74, 6) is 0.352. The Bertz CT molecular complexity index is 586. The van der Waals surface area contributed by atoms with Gasteiger partial charge in [-0.25, -0.2) is 9.78 Å². The molecule has 1 aliphatic rings. The second-order valence-electron chi connectivity index (χ2n) is 4.86. The molecule has 1 aromatic heterocycles. The van der Waals surface area contributed by atoms with Crippen LogP contribution in [0.15, 0.2) is 6.07 Å². The van der Waals surface area contributed by atoms with Crippen LogP contribution in [-0.2, 0) is 17.8 Å². The number of urea groups is 1. The van der Waals surface area contributed by atoms with Crippen molar-refractivity contribution in [2.45, 2.75) is 32.7 Å². The summed E-state index contributed by atoms with van der Waals surface area (Å²) in [6.07, 6.45) is 2.56. The van der Waals surface area contributed by atoms with Crippen LogP contribution in [0.3, 0.4) is 0 Å². The highest BCUT2D eigenvalue weighted by Crippen LogP contribution is 2.26. The molecule has 0 radical (unpaired) electrons. The number of nitrogens with zero attached hydrogens (tertiary/aromatic N) is 2. The van der Waals surface area contributed by atoms with Crippen molar-refractivity contribution in [1.29, 1.82) is 0 Å². The van der Waals surface area contributed by atoms with Gasteiger partial charge in [-0.05, 0) is 24.5 Å². The second-order valence-corrected chi connectivity index (χ2v) is 4.86. The van der Waals surface area contributed by atoms with Crippen LogP contribution in [0.25, 0.3) is 0 Å². The fraction of sp³-hybridized carbons (Fsp3) is 0.429. The molecule has 112 valence electrons. The summed E-state index contributed by atoms with van der Waals surface area (Å²) < 4.78 is 0. The first-order chi connectivity index (χ1) is 10.1. The quantitative estimate of drug-likeness (QED) is 0.798. The maximum Gasteiger partial charge on any atom is 0.320 e. The van der Waals surface area contributed by atoms with Crippen LogP contribution in [0, 0.1) is 0 Å². The number of anilines is 1. The molecule has 0 spiro atoms. The molecule has 21 heavy (non-hydrogen) atoms. The molecule has 7 heteroatoms. The number of primary amides is 1. The molecule has 7 nitrogen and oxygen atoms in total. The van der Waals surface area contributed by atoms with Gasteiger partial charge >= 0.3 is 6.03 Å². The maximum absolute atomic E-state index is 11.4. The van der Waals surface area contributed by atoms with Crippen LogP contribution in [0.5, 0.6) is 0 Å². The molecular weight excluding hydrogens is 272 g/mol. The van der Waals surface area contributed by atoms with Gasteiger partial charge in [-0.3, -0.25) is 14.5 Å². The summed E-state index contributed by atoms with van der Waals surface area (Å²) >= 11 is 0. The molecular formula is C14H18N4O3. The zero-order valence-corrected chi connectivity index (χ0v) is 11.9. The summed E-state index contributed by atoms with van der Waals surface area (Å²) in [7, 11) is 0. The fourth-order valence-electron chi connectivity index (χ4n) is 2.33. The molecule has 2 rings (SSSR count). The predicted molar refractivity (Wildman–Crippen MR) is 77.0 cm³/mol. The number of fused-ring (bicyclic) bond motifs is 1. The lowest BCUT2D eigenvalue weighted by Crippen LogP contribution is -2.40. The molecule has 0 bridgehead atoms. The van der Waals surface area contributed by atoms with E-state index in [-0.39, 0.29) is 18.1 Å². The number of carbonyl (C=O) groups excluding carboxylic acids is 3. The van der Waals surface area contributed by atoms with Gasteiger partial charge in [-0.15, -0.1) is 0 Å². The van der Waals surface area contributed by atoms with Gasteiger partial charge in [0.05, 0.1) is 0 Å². The van der Waals surface area contributed by atoms with Gasteiger partial charge in [-0.2, -0.15) is 0 Å². The van der Waals surface area contributed by atoms with Crippen molar-refractivity contribution in [3.8, 4) is 0 Å². The van der Waals surface area contributed by atoms with Gasteiger partial charge in [0, 0.05) is 25.1 Å². The Labute approximate surface area is 122 Å². The van der Waals surface area contributed by atoms with Crippen molar-refractivity contribution in [3.05, 3.63) is 22.9 Å². The van der Waals surface area contributed by atoms with Crippen molar-refractivity contribution in [1.82, 2.24) is 10.3 Å². The smallest absolute Gasteiger partial charge is 0.320 e. The van der Waals surface area contributed by atoms with E-state index in [1.807, 2.05) is 6.07 Å². The molecule has 0 saturated heterocycles. The van der Waals surface area contributed by atoms with E-state index in [0.717, 1.165) is 18.4 Å². The molecule has 3 amide bonds. The number of nitrogens with two attached hydrogens (primary N) is 1. The topological polar surface area (TPSA) is 105 Å². The standard InChI is InChI=1S/C14H18N4O3/c1-2-12(20)16-7-10-6-9-4-3-5-18(14(15)21)13(9)17-11(10)8-19/h6,8H,2-5,7H2,1H3,(H2,15,21)(H,16,20). The molecule has 0 atom stereocenters. The number of aryl methyl sites for hydroxylation is 1. The highest BCUT2D eigenvalue weighted by atomic mass is 16.2. The fourth-order valence-corrected chi connectivity index (χ4v) is 2.33. The van der Waals surface area contributed by atoms with Gasteiger partial charge < -0.3 is 11.1 Å². The number of hydrogen-bond donors (Lipinski definition) is 2. The molecule has 3 N–H and O–H groups in total. The minimum absolute atomic E-state index is 0.0941. The summed E-state index contributed by atoms with van der Waals surface area (Å²) in [4.78, 5) is 39.6. The Morgan fingerprint density at radius 2 is 2.29 bits per heavy atom. The van der Waals surface area contributed by atoms with Crippen LogP contribution in [0.2, 0.25) is 0 Å². The summed E-state index contributed by atoms with van der Waals surface area (Å²) in [6.45, 7) is 2.50. The number of rotatable bonds is 4. The number of aromatic nitrogens is 1. The summed E-state index contributed by atoms with van der Waals surface area (Å²) in [5, 5.41) is 2.72. The first-order valence-corrected chi connectivity index (χ1v) is 6.88. The van der Waals surface area contributed by atoms with Crippen molar-refractivity contribution in [2.24, 2.45) is 5.73 Å². The van der Waals surface area contributed by atoms with E-state index >= 15 is 0 Å². The van der Waals surface area contributed by atoms with Gasteiger partial charge in [0.1, 0.15) is 11.5 Å². The van der Waals surface area contributed by atoms with Gasteiger partial charge in [0.25, 0.3) is 0 Å². The largest absolute Gasteiger partial charge is 0.352 e. The Morgan fingerprint density at radius 3 is 2.90 bits per heavy atom. The molecule has 0 aromatic carbocycles. The third-order valence-corrected chi connectivity index (χ3v) is 3.45. The molecule has 0 saturated carbocycles. The normalized spacial score (nSPS) is 13.5. The van der Waals surface area contributed by atoms with E-state index in [4.69, 9.17) is 5.73 Å². The van der Waals surface area contributed by atoms with Crippen molar-refractivity contribution >= 4 is 24.0 Å². The number of pyridine rings is 1. The van der Waals surface area contributed by atoms with E-state index < -0.39 is 6.03 Å². The molecule has 1 aromatic rings. The lowest BCUT2D eigenvalue weighted by molar-refractivity contribution is -0.120. The number of carbonyl (C=O) groups is 3. The number of amides is 3. The van der Waals surface area contributed by atoms with Gasteiger partial charge in [0.15, 0.2) is 6.29 Å². The van der Waals surface area contributed by atoms with E-state index in [0.29, 0.717) is 30.6 Å². The van der Waals surface area contributed by atoms with E-state index in [1.54, 1.807) is 6.92 Å². The second kappa shape index (κ2) is 6.34. The summed E-state index contributed by atoms with van der Waals surface area (Å²) in [5.41, 5.74) is 7.07. The molecule has 0 unspecified atom stereocenters. The van der Waals surface area contributed by atoms with Crippen molar-refractivity contribution in [2.75, 3.05) is 11.4 Å². The highest BCUT2D eigenvalue weighted by molar-refractivity contribution is 5.91. The van der Waals surface area contributed by atoms with Crippen LogP contribution >= 0.6 is 0 Å². The number of aldehydes is 1. The Balaban J connectivity index is 2.34. The SMILES string of the molecule is CCC(=O)NCc1cc2c(nc1C=O)N(C(N)=O)CCC2. The maximum atomic E-state index is 11.4. The van der Waals surface area contributed by atoms with Crippen molar-refractivity contribution < 1.29 is 14.4 Å². The zero-order valence-electron chi connectivity index (χ0n) is 11.9. The summed E-state index contributed by atoms with van der Waals surface area (Å²) in [6, 6.07) is 1.24. The third-order valence-electron chi connectivity index (χ3n) is 3.45. The molecule has 1 aliphatic heterocycles. The minimum atomic E-state index is -0.577. The molecule has 0 fully saturated rings. The number of nitrogens with one attached hydrogen (secondary N) is 1. The monoisotopic (exact) mass is 290 g/mol. The first-order valence-electron chi connectivity index (χ1n) is 6.88. The van der Waals surface area contributed by atoms with E-state index in [1.165, 1.54) is 4.90 Å². The Kier molecular flexibility index (Phi) is 4.52. The van der Waals surface area contributed by atoms with Crippen LogP contribution in [-0.4, -0.2) is 29.8 Å². The van der Waals surface area contributed by atoms with Crippen molar-refractivity contribution in [3.63, 3.8) is 0 Å². The van der Waals surface area contributed by atoms with E-state index in [2.05, 4.69) is 10.3 Å². The average Bonchev–Trinajstić information content (AvgIpc) is 2.50. The average molecular weight is 290 g/mol. The third kappa shape index (κ3) is 3.18. The van der Waals surface area contributed by atoms with Crippen LogP contribution in [0.4, 0.5) is 10.6 Å². The molecule has 2 heterocycles. The zero-order chi connectivity index (χ0) is 15.4.